The van der Waals surface area contributed by atoms with Crippen molar-refractivity contribution in [1.82, 2.24) is 5.43 Å². The average Bonchev–Trinajstić information content (AvgIpc) is 2.62. The molecule has 0 saturated carbocycles. The number of urea groups is 1. The average molecular weight is 341 g/mol. The van der Waals surface area contributed by atoms with Gasteiger partial charge in [0.15, 0.2) is 0 Å². The van der Waals surface area contributed by atoms with Crippen LogP contribution < -0.4 is 20.6 Å². The number of nitrogens with zero attached hydrogens (tertiary/aromatic N) is 1. The highest BCUT2D eigenvalue weighted by molar-refractivity contribution is 5.81. The third-order valence-electron chi connectivity index (χ3n) is 3.40. The van der Waals surface area contributed by atoms with Gasteiger partial charge in [-0.15, -0.1) is 0 Å². The van der Waals surface area contributed by atoms with Gasteiger partial charge in [0.2, 0.25) is 0 Å². The number of hydrazone groups is 1. The molecule has 0 radical (unpaired) electrons. The number of primary amides is 1. The van der Waals surface area contributed by atoms with Crippen molar-refractivity contribution in [2.24, 2.45) is 10.8 Å². The van der Waals surface area contributed by atoms with E-state index < -0.39 is 6.03 Å². The van der Waals surface area contributed by atoms with Crippen molar-refractivity contribution in [1.29, 1.82) is 0 Å². The molecular formula is C19H23N3O3. The lowest BCUT2D eigenvalue weighted by Gasteiger charge is -2.09. The molecule has 2 aromatic rings. The highest BCUT2D eigenvalue weighted by atomic mass is 16.5. The maximum atomic E-state index is 10.6. The summed E-state index contributed by atoms with van der Waals surface area (Å²) in [6.07, 6.45) is 3.30. The third-order valence-corrected chi connectivity index (χ3v) is 3.40. The predicted molar refractivity (Wildman–Crippen MR) is 98.2 cm³/mol. The van der Waals surface area contributed by atoms with Crippen molar-refractivity contribution in [2.75, 3.05) is 13.2 Å². The molecule has 3 N–H and O–H groups in total. The molecule has 6 nitrogen and oxygen atoms in total. The van der Waals surface area contributed by atoms with Crippen LogP contribution in [0.3, 0.4) is 0 Å². The van der Waals surface area contributed by atoms with Crippen molar-refractivity contribution in [3.05, 3.63) is 59.7 Å². The predicted octanol–water partition coefficient (Wildman–Crippen LogP) is 3.10. The number of aryl methyl sites for hydroxylation is 1. The summed E-state index contributed by atoms with van der Waals surface area (Å²) in [4.78, 5) is 10.6. The summed E-state index contributed by atoms with van der Waals surface area (Å²) in [7, 11) is 0. The Balaban J connectivity index is 1.70. The molecule has 0 unspecified atom stereocenters. The first-order valence-corrected chi connectivity index (χ1v) is 8.20. The largest absolute Gasteiger partial charge is 0.493 e. The van der Waals surface area contributed by atoms with Gasteiger partial charge in [0.1, 0.15) is 11.5 Å². The van der Waals surface area contributed by atoms with E-state index in [0.29, 0.717) is 13.2 Å². The van der Waals surface area contributed by atoms with E-state index in [1.807, 2.05) is 36.4 Å². The van der Waals surface area contributed by atoms with Crippen LogP contribution in [0.2, 0.25) is 0 Å². The molecule has 0 saturated heterocycles. The van der Waals surface area contributed by atoms with Crippen molar-refractivity contribution in [3.8, 4) is 11.5 Å². The molecule has 25 heavy (non-hydrogen) atoms. The molecule has 2 rings (SSSR count). The molecular weight excluding hydrogens is 318 g/mol. The van der Waals surface area contributed by atoms with Crippen molar-refractivity contribution < 1.29 is 14.3 Å². The molecule has 0 spiro atoms. The summed E-state index contributed by atoms with van der Waals surface area (Å²) in [5.41, 5.74) is 9.18. The minimum atomic E-state index is -0.701. The van der Waals surface area contributed by atoms with E-state index in [2.05, 4.69) is 29.6 Å². The zero-order valence-electron chi connectivity index (χ0n) is 14.3. The summed E-state index contributed by atoms with van der Waals surface area (Å²) in [6, 6.07) is 14.8. The summed E-state index contributed by atoms with van der Waals surface area (Å²) in [5, 5.41) is 3.71. The molecule has 2 aromatic carbocycles. The van der Waals surface area contributed by atoms with Crippen LogP contribution in [-0.4, -0.2) is 25.5 Å². The molecule has 2 amide bonds. The van der Waals surface area contributed by atoms with Crippen molar-refractivity contribution >= 4 is 12.2 Å². The molecule has 132 valence electrons. The molecule has 0 aliphatic rings. The van der Waals surface area contributed by atoms with Crippen molar-refractivity contribution in [3.63, 3.8) is 0 Å². The zero-order chi connectivity index (χ0) is 17.9. The Morgan fingerprint density at radius 1 is 1.12 bits per heavy atom. The Kier molecular flexibility index (Phi) is 7.31. The number of carbonyl (C=O) groups is 1. The Morgan fingerprint density at radius 3 is 2.52 bits per heavy atom. The number of benzene rings is 2. The standard InChI is InChI=1S/C19H23N3O3/c1-2-15-7-9-17(10-8-15)24-11-4-12-25-18-6-3-5-16(13-18)14-21-22-19(20)23/h3,5-10,13-14H,2,4,11-12H2,1H3,(H3,20,22,23)/b21-14-. The maximum absolute atomic E-state index is 10.6. The molecule has 0 heterocycles. The molecule has 0 aliphatic heterocycles. The van der Waals surface area contributed by atoms with Gasteiger partial charge in [-0.2, -0.15) is 5.10 Å². The SMILES string of the molecule is CCc1ccc(OCCCOc2cccc(/C=N\NC(N)=O)c2)cc1. The van der Waals surface area contributed by atoms with Gasteiger partial charge in [-0.1, -0.05) is 31.2 Å². The first-order valence-electron chi connectivity index (χ1n) is 8.20. The second kappa shape index (κ2) is 9.97. The fraction of sp³-hybridized carbons (Fsp3) is 0.263. The van der Waals surface area contributed by atoms with Crippen LogP contribution in [0.15, 0.2) is 53.6 Å². The van der Waals surface area contributed by atoms with E-state index in [4.69, 9.17) is 15.2 Å². The molecule has 0 fully saturated rings. The number of hydrogen-bond acceptors (Lipinski definition) is 4. The lowest BCUT2D eigenvalue weighted by Crippen LogP contribution is -2.24. The molecule has 6 heteroatoms. The summed E-state index contributed by atoms with van der Waals surface area (Å²) in [6.45, 7) is 3.27. The topological polar surface area (TPSA) is 85.9 Å². The van der Waals surface area contributed by atoms with Crippen LogP contribution in [-0.2, 0) is 6.42 Å². The number of ether oxygens (including phenoxy) is 2. The third kappa shape index (κ3) is 6.95. The van der Waals surface area contributed by atoms with Gasteiger partial charge in [-0.05, 0) is 41.8 Å². The van der Waals surface area contributed by atoms with E-state index in [0.717, 1.165) is 29.9 Å². The van der Waals surface area contributed by atoms with Crippen LogP contribution in [0.25, 0.3) is 0 Å². The van der Waals surface area contributed by atoms with E-state index in [-0.39, 0.29) is 0 Å². The van der Waals surface area contributed by atoms with Crippen LogP contribution in [0.5, 0.6) is 11.5 Å². The van der Waals surface area contributed by atoms with Crippen LogP contribution >= 0.6 is 0 Å². The number of nitrogens with one attached hydrogen (secondary N) is 1. The smallest absolute Gasteiger partial charge is 0.332 e. The quantitative estimate of drug-likeness (QED) is 0.417. The van der Waals surface area contributed by atoms with Crippen LogP contribution in [0, 0.1) is 0 Å². The Bertz CT molecular complexity index is 699. The molecule has 0 aromatic heterocycles. The van der Waals surface area contributed by atoms with Gasteiger partial charge in [-0.25, -0.2) is 10.2 Å². The summed E-state index contributed by atoms with van der Waals surface area (Å²) < 4.78 is 11.4. The fourth-order valence-corrected chi connectivity index (χ4v) is 2.12. The van der Waals surface area contributed by atoms with E-state index in [1.165, 1.54) is 11.8 Å². The lowest BCUT2D eigenvalue weighted by molar-refractivity contribution is 0.247. The minimum absolute atomic E-state index is 0.549. The summed E-state index contributed by atoms with van der Waals surface area (Å²) in [5.74, 6) is 1.60. The highest BCUT2D eigenvalue weighted by Crippen LogP contribution is 2.14. The van der Waals surface area contributed by atoms with Gasteiger partial charge < -0.3 is 15.2 Å². The highest BCUT2D eigenvalue weighted by Gasteiger charge is 1.98. The number of nitrogens with two attached hydrogens (primary N) is 1. The van der Waals surface area contributed by atoms with E-state index in [9.17, 15) is 4.79 Å². The molecule has 0 aliphatic carbocycles. The Hall–Kier alpha value is -3.02. The molecule has 0 bridgehead atoms. The monoisotopic (exact) mass is 341 g/mol. The van der Waals surface area contributed by atoms with E-state index in [1.54, 1.807) is 0 Å². The number of rotatable bonds is 9. The minimum Gasteiger partial charge on any atom is -0.493 e. The second-order valence-electron chi connectivity index (χ2n) is 5.35. The van der Waals surface area contributed by atoms with Gasteiger partial charge >= 0.3 is 6.03 Å². The number of hydrogen-bond donors (Lipinski definition) is 2. The summed E-state index contributed by atoms with van der Waals surface area (Å²) >= 11 is 0. The second-order valence-corrected chi connectivity index (χ2v) is 5.35. The Labute approximate surface area is 147 Å². The first-order chi connectivity index (χ1) is 12.2. The number of amides is 2. The van der Waals surface area contributed by atoms with Gasteiger partial charge in [-0.3, -0.25) is 0 Å². The van der Waals surface area contributed by atoms with Crippen molar-refractivity contribution in [2.45, 2.75) is 19.8 Å². The normalized spacial score (nSPS) is 10.6. The molecule has 0 atom stereocenters. The van der Waals surface area contributed by atoms with Crippen LogP contribution in [0.4, 0.5) is 4.79 Å². The van der Waals surface area contributed by atoms with E-state index >= 15 is 0 Å². The lowest BCUT2D eigenvalue weighted by atomic mass is 10.2. The fourth-order valence-electron chi connectivity index (χ4n) is 2.12. The van der Waals surface area contributed by atoms with Gasteiger partial charge in [0.25, 0.3) is 0 Å². The maximum Gasteiger partial charge on any atom is 0.332 e. The Morgan fingerprint density at radius 2 is 1.84 bits per heavy atom. The number of carbonyl (C=O) groups excluding carboxylic acids is 1. The van der Waals surface area contributed by atoms with Gasteiger partial charge in [0.05, 0.1) is 19.4 Å². The first kappa shape index (κ1) is 18.3. The zero-order valence-corrected chi connectivity index (χ0v) is 14.3. The van der Waals surface area contributed by atoms with Crippen LogP contribution in [0.1, 0.15) is 24.5 Å². The van der Waals surface area contributed by atoms with Gasteiger partial charge in [0, 0.05) is 6.42 Å².